The SMILES string of the molecule is CCn1nc(C)c(Br)c1CC(CN)Cc1cccc(Cl)c1. The summed E-state index contributed by atoms with van der Waals surface area (Å²) in [5.41, 5.74) is 9.47. The smallest absolute Gasteiger partial charge is 0.0738 e. The summed E-state index contributed by atoms with van der Waals surface area (Å²) in [6.07, 6.45) is 1.84. The van der Waals surface area contributed by atoms with Crippen molar-refractivity contribution in [3.63, 3.8) is 0 Å². The first-order chi connectivity index (χ1) is 10.0. The first-order valence-corrected chi connectivity index (χ1v) is 8.38. The van der Waals surface area contributed by atoms with Gasteiger partial charge in [0.25, 0.3) is 0 Å². The molecule has 0 bridgehead atoms. The van der Waals surface area contributed by atoms with Crippen molar-refractivity contribution in [3.8, 4) is 0 Å². The summed E-state index contributed by atoms with van der Waals surface area (Å²) in [6.45, 7) is 5.65. The van der Waals surface area contributed by atoms with E-state index in [0.717, 1.165) is 34.6 Å². The van der Waals surface area contributed by atoms with Crippen LogP contribution in [0, 0.1) is 12.8 Å². The molecule has 3 nitrogen and oxygen atoms in total. The van der Waals surface area contributed by atoms with E-state index in [9.17, 15) is 0 Å². The molecule has 0 fully saturated rings. The third-order valence-corrected chi connectivity index (χ3v) is 4.95. The van der Waals surface area contributed by atoms with Crippen molar-refractivity contribution in [2.45, 2.75) is 33.2 Å². The predicted molar refractivity (Wildman–Crippen MR) is 91.7 cm³/mol. The van der Waals surface area contributed by atoms with Crippen LogP contribution in [0.4, 0.5) is 0 Å². The van der Waals surface area contributed by atoms with E-state index in [0.29, 0.717) is 12.5 Å². The van der Waals surface area contributed by atoms with Crippen LogP contribution >= 0.6 is 27.5 Å². The molecule has 114 valence electrons. The molecule has 1 atom stereocenters. The van der Waals surface area contributed by atoms with Crippen molar-refractivity contribution in [1.82, 2.24) is 9.78 Å². The van der Waals surface area contributed by atoms with Gasteiger partial charge in [-0.15, -0.1) is 0 Å². The molecule has 0 saturated carbocycles. The van der Waals surface area contributed by atoms with Gasteiger partial charge < -0.3 is 5.73 Å². The van der Waals surface area contributed by atoms with Crippen LogP contribution in [0.25, 0.3) is 0 Å². The number of benzene rings is 1. The maximum absolute atomic E-state index is 6.06. The molecule has 1 heterocycles. The van der Waals surface area contributed by atoms with Gasteiger partial charge in [-0.25, -0.2) is 0 Å². The van der Waals surface area contributed by atoms with Crippen LogP contribution in [-0.4, -0.2) is 16.3 Å². The monoisotopic (exact) mass is 369 g/mol. The van der Waals surface area contributed by atoms with Crippen LogP contribution in [0.15, 0.2) is 28.7 Å². The molecule has 5 heteroatoms. The van der Waals surface area contributed by atoms with Gasteiger partial charge in [0, 0.05) is 11.6 Å². The molecular formula is C16H21BrClN3. The number of rotatable bonds is 6. The lowest BCUT2D eigenvalue weighted by Crippen LogP contribution is -2.21. The van der Waals surface area contributed by atoms with Crippen molar-refractivity contribution in [1.29, 1.82) is 0 Å². The van der Waals surface area contributed by atoms with E-state index >= 15 is 0 Å². The fourth-order valence-electron chi connectivity index (χ4n) is 2.57. The quantitative estimate of drug-likeness (QED) is 0.835. The van der Waals surface area contributed by atoms with Gasteiger partial charge >= 0.3 is 0 Å². The predicted octanol–water partition coefficient (Wildman–Crippen LogP) is 3.99. The number of halogens is 2. The van der Waals surface area contributed by atoms with Gasteiger partial charge in [-0.1, -0.05) is 23.7 Å². The number of nitrogens with two attached hydrogens (primary N) is 1. The van der Waals surface area contributed by atoms with E-state index in [1.54, 1.807) is 0 Å². The first kappa shape index (κ1) is 16.5. The molecule has 0 spiro atoms. The van der Waals surface area contributed by atoms with E-state index in [2.05, 4.69) is 38.7 Å². The molecule has 2 rings (SSSR count). The third-order valence-electron chi connectivity index (χ3n) is 3.68. The Balaban J connectivity index is 2.16. The number of hydrogen-bond donors (Lipinski definition) is 1. The second-order valence-electron chi connectivity index (χ2n) is 5.30. The van der Waals surface area contributed by atoms with E-state index in [-0.39, 0.29) is 0 Å². The van der Waals surface area contributed by atoms with Gasteiger partial charge in [0.2, 0.25) is 0 Å². The van der Waals surface area contributed by atoms with Crippen molar-refractivity contribution in [2.75, 3.05) is 6.54 Å². The van der Waals surface area contributed by atoms with Crippen LogP contribution in [0.1, 0.15) is 23.9 Å². The lowest BCUT2D eigenvalue weighted by atomic mass is 9.94. The number of hydrogen-bond acceptors (Lipinski definition) is 2. The van der Waals surface area contributed by atoms with Crippen molar-refractivity contribution >= 4 is 27.5 Å². The summed E-state index contributed by atoms with van der Waals surface area (Å²) in [4.78, 5) is 0. The summed E-state index contributed by atoms with van der Waals surface area (Å²) in [5.74, 6) is 0.376. The van der Waals surface area contributed by atoms with Gasteiger partial charge in [-0.05, 0) is 72.8 Å². The van der Waals surface area contributed by atoms with E-state index < -0.39 is 0 Å². The topological polar surface area (TPSA) is 43.8 Å². The van der Waals surface area contributed by atoms with Crippen LogP contribution in [-0.2, 0) is 19.4 Å². The Morgan fingerprint density at radius 2 is 2.14 bits per heavy atom. The van der Waals surface area contributed by atoms with Crippen LogP contribution in [0.3, 0.4) is 0 Å². The maximum atomic E-state index is 6.06. The summed E-state index contributed by atoms with van der Waals surface area (Å²) in [7, 11) is 0. The molecule has 0 aliphatic rings. The lowest BCUT2D eigenvalue weighted by Gasteiger charge is -2.16. The first-order valence-electron chi connectivity index (χ1n) is 7.21. The standard InChI is InChI=1S/C16H21BrClN3/c1-3-21-15(16(17)11(2)20-21)9-13(10-19)7-12-5-4-6-14(18)8-12/h4-6,8,13H,3,7,9-10,19H2,1-2H3. The Bertz CT molecular complexity index is 610. The molecule has 2 aromatic rings. The Kier molecular flexibility index (Phi) is 5.85. The molecule has 0 saturated heterocycles. The highest BCUT2D eigenvalue weighted by Crippen LogP contribution is 2.25. The van der Waals surface area contributed by atoms with Crippen molar-refractivity contribution < 1.29 is 0 Å². The zero-order valence-corrected chi connectivity index (χ0v) is 14.8. The lowest BCUT2D eigenvalue weighted by molar-refractivity contribution is 0.498. The molecule has 1 aromatic heterocycles. The number of nitrogens with zero attached hydrogens (tertiary/aromatic N) is 2. The fourth-order valence-corrected chi connectivity index (χ4v) is 3.23. The van der Waals surface area contributed by atoms with Gasteiger partial charge in [0.05, 0.1) is 15.9 Å². The Hall–Kier alpha value is -0.840. The van der Waals surface area contributed by atoms with Crippen LogP contribution in [0.2, 0.25) is 5.02 Å². The Labute approximate surface area is 139 Å². The summed E-state index contributed by atoms with van der Waals surface area (Å²) < 4.78 is 3.16. The van der Waals surface area contributed by atoms with Crippen LogP contribution < -0.4 is 5.73 Å². The van der Waals surface area contributed by atoms with Crippen molar-refractivity contribution in [3.05, 3.63) is 50.7 Å². The van der Waals surface area contributed by atoms with Crippen molar-refractivity contribution in [2.24, 2.45) is 11.7 Å². The number of aryl methyl sites for hydroxylation is 2. The second kappa shape index (κ2) is 7.43. The fraction of sp³-hybridized carbons (Fsp3) is 0.438. The molecule has 1 aromatic carbocycles. The van der Waals surface area contributed by atoms with Gasteiger partial charge in [0.15, 0.2) is 0 Å². The Morgan fingerprint density at radius 3 is 2.76 bits per heavy atom. The molecule has 0 radical (unpaired) electrons. The molecule has 0 aliphatic heterocycles. The highest BCUT2D eigenvalue weighted by atomic mass is 79.9. The molecule has 1 unspecified atom stereocenters. The molecule has 0 aliphatic carbocycles. The Morgan fingerprint density at radius 1 is 1.38 bits per heavy atom. The van der Waals surface area contributed by atoms with Gasteiger partial charge in [-0.2, -0.15) is 5.10 Å². The summed E-state index contributed by atoms with van der Waals surface area (Å²) in [5, 5.41) is 5.32. The zero-order chi connectivity index (χ0) is 15.4. The number of aromatic nitrogens is 2. The second-order valence-corrected chi connectivity index (χ2v) is 6.53. The third kappa shape index (κ3) is 4.09. The van der Waals surface area contributed by atoms with E-state index in [1.165, 1.54) is 11.3 Å². The minimum atomic E-state index is 0.376. The summed E-state index contributed by atoms with van der Waals surface area (Å²) >= 11 is 9.71. The maximum Gasteiger partial charge on any atom is 0.0738 e. The largest absolute Gasteiger partial charge is 0.330 e. The highest BCUT2D eigenvalue weighted by Gasteiger charge is 2.17. The molecular weight excluding hydrogens is 350 g/mol. The molecule has 21 heavy (non-hydrogen) atoms. The minimum absolute atomic E-state index is 0.376. The van der Waals surface area contributed by atoms with Gasteiger partial charge in [0.1, 0.15) is 0 Å². The van der Waals surface area contributed by atoms with Gasteiger partial charge in [-0.3, -0.25) is 4.68 Å². The zero-order valence-electron chi connectivity index (χ0n) is 12.4. The molecule has 0 amide bonds. The van der Waals surface area contributed by atoms with E-state index in [1.807, 2.05) is 25.1 Å². The average molecular weight is 371 g/mol. The molecule has 2 N–H and O–H groups in total. The van der Waals surface area contributed by atoms with Crippen LogP contribution in [0.5, 0.6) is 0 Å². The van der Waals surface area contributed by atoms with E-state index in [4.69, 9.17) is 17.3 Å². The highest BCUT2D eigenvalue weighted by molar-refractivity contribution is 9.10. The average Bonchev–Trinajstić information content (AvgIpc) is 2.74. The normalized spacial score (nSPS) is 12.6. The summed E-state index contributed by atoms with van der Waals surface area (Å²) in [6, 6.07) is 8.00. The minimum Gasteiger partial charge on any atom is -0.330 e.